The predicted molar refractivity (Wildman–Crippen MR) is 39.1 cm³/mol. The van der Waals surface area contributed by atoms with Gasteiger partial charge in [-0.2, -0.15) is 0 Å². The Hall–Kier alpha value is -0.120. The molecule has 10 heavy (non-hydrogen) atoms. The number of likely N-dealkylation sites (N-methyl/N-ethyl adjacent to an activating group) is 1. The lowest BCUT2D eigenvalue weighted by Crippen LogP contribution is -2.23. The Balaban J connectivity index is 2.15. The van der Waals surface area contributed by atoms with E-state index in [1.54, 1.807) is 7.11 Å². The molecular weight excluding hydrogens is 130 g/mol. The Morgan fingerprint density at radius 3 is 3.00 bits per heavy atom. The minimum atomic E-state index is 0.318. The summed E-state index contributed by atoms with van der Waals surface area (Å²) in [5.74, 6) is 0. The molecule has 3 heteroatoms. The summed E-state index contributed by atoms with van der Waals surface area (Å²) in [7, 11) is 3.67. The van der Waals surface area contributed by atoms with Crippen LogP contribution in [0.1, 0.15) is 6.42 Å². The molecule has 1 fully saturated rings. The van der Waals surface area contributed by atoms with E-state index in [9.17, 15) is 0 Å². The zero-order chi connectivity index (χ0) is 7.40. The Bertz CT molecular complexity index is 97.6. The highest BCUT2D eigenvalue weighted by Gasteiger charge is 2.23. The topological polar surface area (TPSA) is 30.5 Å². The first-order chi connectivity index (χ1) is 4.86. The molecule has 0 bridgehead atoms. The Morgan fingerprint density at radius 2 is 2.50 bits per heavy atom. The van der Waals surface area contributed by atoms with Gasteiger partial charge in [0.2, 0.25) is 0 Å². The van der Waals surface area contributed by atoms with Crippen molar-refractivity contribution in [2.24, 2.45) is 0 Å². The maximum Gasteiger partial charge on any atom is 0.0830 e. The molecule has 0 amide bonds. The van der Waals surface area contributed by atoms with Crippen LogP contribution in [-0.4, -0.2) is 39.5 Å². The van der Waals surface area contributed by atoms with E-state index < -0.39 is 0 Å². The molecule has 3 nitrogen and oxygen atoms in total. The number of hydrogen-bond acceptors (Lipinski definition) is 3. The molecule has 1 saturated heterocycles. The molecule has 2 atom stereocenters. The number of ether oxygens (including phenoxy) is 2. The molecule has 0 aromatic carbocycles. The molecule has 1 heterocycles. The first-order valence-corrected chi connectivity index (χ1v) is 3.65. The lowest BCUT2D eigenvalue weighted by molar-refractivity contribution is 0.0674. The van der Waals surface area contributed by atoms with E-state index in [1.807, 2.05) is 7.05 Å². The maximum absolute atomic E-state index is 5.41. The SMILES string of the molecule is CNCC1CC(OC)CO1. The minimum Gasteiger partial charge on any atom is -0.379 e. The highest BCUT2D eigenvalue weighted by atomic mass is 16.5. The monoisotopic (exact) mass is 145 g/mol. The average molecular weight is 145 g/mol. The summed E-state index contributed by atoms with van der Waals surface area (Å²) in [6.45, 7) is 1.68. The third-order valence-corrected chi connectivity index (χ3v) is 1.81. The fourth-order valence-corrected chi connectivity index (χ4v) is 1.21. The quantitative estimate of drug-likeness (QED) is 0.607. The molecule has 0 aromatic heterocycles. The molecule has 1 aliphatic heterocycles. The van der Waals surface area contributed by atoms with Crippen molar-refractivity contribution >= 4 is 0 Å². The summed E-state index contributed by atoms with van der Waals surface area (Å²) >= 11 is 0. The second-order valence-corrected chi connectivity index (χ2v) is 2.61. The molecule has 0 aromatic rings. The number of rotatable bonds is 3. The van der Waals surface area contributed by atoms with E-state index in [0.29, 0.717) is 12.2 Å². The van der Waals surface area contributed by atoms with Crippen LogP contribution in [-0.2, 0) is 9.47 Å². The molecule has 0 aliphatic carbocycles. The van der Waals surface area contributed by atoms with Crippen molar-refractivity contribution in [3.63, 3.8) is 0 Å². The summed E-state index contributed by atoms with van der Waals surface area (Å²) < 4.78 is 10.5. The summed E-state index contributed by atoms with van der Waals surface area (Å²) in [6.07, 6.45) is 1.70. The van der Waals surface area contributed by atoms with E-state index in [0.717, 1.165) is 19.6 Å². The van der Waals surface area contributed by atoms with Gasteiger partial charge < -0.3 is 14.8 Å². The van der Waals surface area contributed by atoms with Crippen LogP contribution in [0, 0.1) is 0 Å². The van der Waals surface area contributed by atoms with Crippen LogP contribution in [0.5, 0.6) is 0 Å². The summed E-state index contributed by atoms with van der Waals surface area (Å²) in [5.41, 5.74) is 0. The van der Waals surface area contributed by atoms with Crippen LogP contribution in [0.2, 0.25) is 0 Å². The fourth-order valence-electron chi connectivity index (χ4n) is 1.21. The van der Waals surface area contributed by atoms with Crippen LogP contribution < -0.4 is 5.32 Å². The predicted octanol–water partition coefficient (Wildman–Crippen LogP) is 0.00970. The van der Waals surface area contributed by atoms with Crippen molar-refractivity contribution in [1.82, 2.24) is 5.32 Å². The molecule has 60 valence electrons. The van der Waals surface area contributed by atoms with Crippen molar-refractivity contribution in [2.45, 2.75) is 18.6 Å². The normalized spacial score (nSPS) is 33.0. The van der Waals surface area contributed by atoms with Crippen LogP contribution in [0.3, 0.4) is 0 Å². The van der Waals surface area contributed by atoms with Crippen LogP contribution >= 0.6 is 0 Å². The third kappa shape index (κ3) is 1.94. The van der Waals surface area contributed by atoms with Crippen molar-refractivity contribution < 1.29 is 9.47 Å². The van der Waals surface area contributed by atoms with Gasteiger partial charge in [-0.05, 0) is 7.05 Å². The van der Waals surface area contributed by atoms with E-state index in [2.05, 4.69) is 5.32 Å². The van der Waals surface area contributed by atoms with E-state index in [4.69, 9.17) is 9.47 Å². The van der Waals surface area contributed by atoms with Crippen molar-refractivity contribution in [3.8, 4) is 0 Å². The smallest absolute Gasteiger partial charge is 0.0830 e. The van der Waals surface area contributed by atoms with Crippen molar-refractivity contribution in [3.05, 3.63) is 0 Å². The van der Waals surface area contributed by atoms with Crippen molar-refractivity contribution in [2.75, 3.05) is 27.3 Å². The second kappa shape index (κ2) is 3.91. The molecule has 2 unspecified atom stereocenters. The van der Waals surface area contributed by atoms with Crippen LogP contribution in [0.25, 0.3) is 0 Å². The number of hydrogen-bond donors (Lipinski definition) is 1. The lowest BCUT2D eigenvalue weighted by Gasteiger charge is -2.06. The number of methoxy groups -OCH3 is 1. The van der Waals surface area contributed by atoms with Gasteiger partial charge in [0, 0.05) is 20.1 Å². The van der Waals surface area contributed by atoms with Gasteiger partial charge in [-0.3, -0.25) is 0 Å². The highest BCUT2D eigenvalue weighted by molar-refractivity contribution is 4.74. The maximum atomic E-state index is 5.41. The van der Waals surface area contributed by atoms with E-state index >= 15 is 0 Å². The largest absolute Gasteiger partial charge is 0.379 e. The summed E-state index contributed by atoms with van der Waals surface area (Å²) in [6, 6.07) is 0. The first-order valence-electron chi connectivity index (χ1n) is 3.65. The third-order valence-electron chi connectivity index (χ3n) is 1.81. The Morgan fingerprint density at radius 1 is 1.70 bits per heavy atom. The molecule has 0 spiro atoms. The average Bonchev–Trinajstić information content (AvgIpc) is 2.37. The van der Waals surface area contributed by atoms with Gasteiger partial charge in [0.1, 0.15) is 0 Å². The lowest BCUT2D eigenvalue weighted by atomic mass is 10.2. The first kappa shape index (κ1) is 7.98. The van der Waals surface area contributed by atoms with Gasteiger partial charge in [-0.15, -0.1) is 0 Å². The van der Waals surface area contributed by atoms with Gasteiger partial charge in [0.25, 0.3) is 0 Å². The van der Waals surface area contributed by atoms with Gasteiger partial charge in [0.15, 0.2) is 0 Å². The molecule has 0 radical (unpaired) electrons. The van der Waals surface area contributed by atoms with Crippen LogP contribution in [0.4, 0.5) is 0 Å². The molecule has 1 rings (SSSR count). The van der Waals surface area contributed by atoms with Gasteiger partial charge in [-0.25, -0.2) is 0 Å². The Kier molecular flexibility index (Phi) is 3.12. The van der Waals surface area contributed by atoms with Gasteiger partial charge >= 0.3 is 0 Å². The fraction of sp³-hybridized carbons (Fsp3) is 1.00. The van der Waals surface area contributed by atoms with Gasteiger partial charge in [0.05, 0.1) is 18.8 Å². The van der Waals surface area contributed by atoms with E-state index in [1.165, 1.54) is 0 Å². The highest BCUT2D eigenvalue weighted by Crippen LogP contribution is 2.14. The summed E-state index contributed by atoms with van der Waals surface area (Å²) in [4.78, 5) is 0. The standard InChI is InChI=1S/C7H15NO2/c1-8-4-6-3-7(9-2)5-10-6/h6-8H,3-5H2,1-2H3. The van der Waals surface area contributed by atoms with E-state index in [-0.39, 0.29) is 0 Å². The molecular formula is C7H15NO2. The molecule has 1 aliphatic rings. The zero-order valence-electron chi connectivity index (χ0n) is 6.59. The van der Waals surface area contributed by atoms with Crippen molar-refractivity contribution in [1.29, 1.82) is 0 Å². The molecule has 1 N–H and O–H groups in total. The molecule has 0 saturated carbocycles. The number of nitrogens with one attached hydrogen (secondary N) is 1. The van der Waals surface area contributed by atoms with Crippen LogP contribution in [0.15, 0.2) is 0 Å². The zero-order valence-corrected chi connectivity index (χ0v) is 6.59. The Labute approximate surface area is 61.7 Å². The minimum absolute atomic E-state index is 0.318. The summed E-state index contributed by atoms with van der Waals surface area (Å²) in [5, 5.41) is 3.07. The van der Waals surface area contributed by atoms with Gasteiger partial charge in [-0.1, -0.05) is 0 Å². The second-order valence-electron chi connectivity index (χ2n) is 2.61.